The number of aromatic nitrogens is 15. The summed E-state index contributed by atoms with van der Waals surface area (Å²) in [6.07, 6.45) is 30.7. The van der Waals surface area contributed by atoms with Crippen LogP contribution in [0.4, 0.5) is 22.0 Å². The van der Waals surface area contributed by atoms with Crippen LogP contribution in [0.3, 0.4) is 0 Å². The lowest BCUT2D eigenvalue weighted by Gasteiger charge is -2.26. The van der Waals surface area contributed by atoms with E-state index >= 15 is 0 Å². The van der Waals surface area contributed by atoms with Gasteiger partial charge in [0.05, 0.1) is 58.8 Å². The summed E-state index contributed by atoms with van der Waals surface area (Å²) in [7, 11) is 0. The number of rotatable bonds is 36. The topological polar surface area (TPSA) is 255 Å². The number of pyridine rings is 5. The van der Waals surface area contributed by atoms with Crippen molar-refractivity contribution in [1.82, 2.24) is 97.2 Å². The first-order valence-corrected chi connectivity index (χ1v) is 53.0. The smallest absolute Gasteiger partial charge is 0.264 e. The van der Waals surface area contributed by atoms with Crippen LogP contribution < -0.4 is 0 Å². The lowest BCUT2D eigenvalue weighted by molar-refractivity contribution is 0.0705. The predicted octanol–water partition coefficient (Wildman–Crippen LogP) is 26.3. The zero-order valence-electron chi connectivity index (χ0n) is 85.0. The van der Waals surface area contributed by atoms with E-state index in [2.05, 4.69) is 89.3 Å². The second-order valence-electron chi connectivity index (χ2n) is 38.6. The molecule has 11 heterocycles. The molecule has 3 aliphatic rings. The number of benzene rings is 4. The number of unbranched alkanes of at least 4 members (excludes halogenated alkanes) is 3. The quantitative estimate of drug-likeness (QED) is 0.0331. The van der Waals surface area contributed by atoms with Gasteiger partial charge in [-0.25, -0.2) is 71.8 Å². The van der Waals surface area contributed by atoms with E-state index in [9.17, 15) is 45.9 Å². The molecule has 0 atom stereocenters. The van der Waals surface area contributed by atoms with Gasteiger partial charge >= 0.3 is 0 Å². The molecule has 25 nitrogen and oxygen atoms in total. The minimum atomic E-state index is -1.11. The molecule has 766 valence electrons. The highest BCUT2D eigenvalue weighted by atomic mass is 35.5. The fourth-order valence-corrected chi connectivity index (χ4v) is 20.5. The zero-order chi connectivity index (χ0) is 103. The molecule has 3 saturated carbocycles. The van der Waals surface area contributed by atoms with Crippen LogP contribution >= 0.6 is 34.5 Å². The molecule has 0 bridgehead atoms. The summed E-state index contributed by atoms with van der Waals surface area (Å²) < 4.78 is 80.8. The third-order valence-corrected chi connectivity index (χ3v) is 28.5. The van der Waals surface area contributed by atoms with Crippen molar-refractivity contribution in [2.24, 2.45) is 11.8 Å². The van der Waals surface area contributed by atoms with E-state index < -0.39 is 35.1 Å². The maximum absolute atomic E-state index is 14.3. The van der Waals surface area contributed by atoms with Crippen molar-refractivity contribution < 1.29 is 45.9 Å². The molecule has 0 saturated heterocycles. The first-order valence-electron chi connectivity index (χ1n) is 51.3. The van der Waals surface area contributed by atoms with Crippen LogP contribution in [0.15, 0.2) is 176 Å². The molecule has 18 rings (SSSR count). The highest BCUT2D eigenvalue weighted by Gasteiger charge is 2.34. The fraction of sp³-hybridized carbons (Fsp3) is 0.438. The number of carbonyl (C=O) groups excluding carboxylic acids is 5. The normalized spacial score (nSPS) is 13.3. The van der Waals surface area contributed by atoms with Gasteiger partial charge in [-0.2, -0.15) is 0 Å². The molecular weight excluding hydrogens is 1900 g/mol. The number of nitrogens with zero attached hydrogens (tertiary/aromatic N) is 20. The molecule has 3 aliphatic carbocycles. The number of aryl methyl sites for hydroxylation is 4. The summed E-state index contributed by atoms with van der Waals surface area (Å²) in [6, 6.07) is 38.9. The molecule has 33 heteroatoms. The molecule has 5 amide bonds. The molecule has 4 aromatic carbocycles. The number of amides is 5. The van der Waals surface area contributed by atoms with Crippen molar-refractivity contribution in [1.29, 1.82) is 0 Å². The Morgan fingerprint density at radius 3 is 1.14 bits per heavy atom. The van der Waals surface area contributed by atoms with E-state index in [0.29, 0.717) is 91.0 Å². The number of carbonyl (C=O) groups is 5. The van der Waals surface area contributed by atoms with Gasteiger partial charge in [0, 0.05) is 106 Å². The average Bonchev–Trinajstić information content (AvgIpc) is 1.68. The van der Waals surface area contributed by atoms with Crippen molar-refractivity contribution in [2.75, 3.05) is 32.7 Å². The Morgan fingerprint density at radius 1 is 0.379 bits per heavy atom. The number of fused-ring (bicyclic) bond motifs is 5. The lowest BCUT2D eigenvalue weighted by atomic mass is 10.1. The number of halogens is 7. The maximum atomic E-state index is 14.3. The van der Waals surface area contributed by atoms with Gasteiger partial charge in [0.25, 0.3) is 29.5 Å². The minimum absolute atomic E-state index is 0.0740. The predicted molar refractivity (Wildman–Crippen MR) is 563 cm³/mol. The number of hydrogen-bond donors (Lipinski definition) is 0. The Kier molecular flexibility index (Phi) is 38.6. The fourth-order valence-electron chi connectivity index (χ4n) is 19.3. The molecular formula is C112H133Cl2F5N20O5S. The van der Waals surface area contributed by atoms with E-state index in [4.69, 9.17) is 48.1 Å². The first-order chi connectivity index (χ1) is 70.2. The average molecular weight is 2040 g/mol. The van der Waals surface area contributed by atoms with E-state index in [1.54, 1.807) is 65.0 Å². The molecule has 0 aliphatic heterocycles. The van der Waals surface area contributed by atoms with Gasteiger partial charge in [-0.15, -0.1) is 11.3 Å². The van der Waals surface area contributed by atoms with Gasteiger partial charge in [0.1, 0.15) is 62.5 Å². The highest BCUT2D eigenvalue weighted by molar-refractivity contribution is 7.12. The molecule has 0 unspecified atom stereocenters. The summed E-state index contributed by atoms with van der Waals surface area (Å²) in [4.78, 5) is 122. The standard InChI is InChI=1S/C24H29FN4O.2C23H26F2N4O.C21H24Cl2N4O.C21H28N4OS/c1-3-4-14-28(24(30)20-15-18(25)12-11-17(20)2)16-22-27-21-10-7-13-26-23(21)29(22)19-8-5-6-9-19;1-15(2)13-28(23(30)17-9-5-10-18(24)21(17)25)14-20-27-19-11-6-12-26-22(19)29(20)16-7-3-4-8-16;1-2-3-14-28(23(30)17-10-6-11-18(24)21(17)25)15-20-27-19-12-7-13-26-22(19)29(20)16-8-4-5-9-16;1-3-5-12-26(21(28)15-8-9-16(22)17(23)13-15)14-19-25-18-7-6-10-24-20(18)27(19)11-4-2;1-5-11-25-18(23-17-7-6-10-22-20(17)25)14-24(12-8-15(2)3)21(26)19-16(4)9-13-27-19/h7,10-13,15,19H,3-6,8-9,14,16H2,1-2H3;5-6,9-12,15-16H,3-4,7-8,13-14H2,1-2H3;6-7,10-13,16H,2-5,8-9,14-15H2,1H3;6-10,13H,3-5,11-12,14H2,1-2H3;6-7,9-10,13,15H,5,8,11-12,14H2,1-4H3. The van der Waals surface area contributed by atoms with Crippen LogP contribution in [0.5, 0.6) is 0 Å². The van der Waals surface area contributed by atoms with Crippen LogP contribution in [-0.4, -0.2) is 159 Å². The summed E-state index contributed by atoms with van der Waals surface area (Å²) in [5.41, 5.74) is 10.8. The number of imidazole rings is 5. The van der Waals surface area contributed by atoms with E-state index in [-0.39, 0.29) is 53.7 Å². The molecule has 0 radical (unpaired) electrons. The maximum Gasteiger partial charge on any atom is 0.264 e. The Bertz CT molecular complexity index is 6800. The molecule has 0 N–H and O–H groups in total. The van der Waals surface area contributed by atoms with Crippen LogP contribution in [0.1, 0.15) is 307 Å². The van der Waals surface area contributed by atoms with Crippen LogP contribution in [0.2, 0.25) is 10.0 Å². The lowest BCUT2D eigenvalue weighted by Crippen LogP contribution is -2.35. The molecule has 15 aromatic rings. The van der Waals surface area contributed by atoms with Crippen LogP contribution in [0, 0.1) is 54.8 Å². The third-order valence-electron chi connectivity index (χ3n) is 26.7. The van der Waals surface area contributed by atoms with Crippen molar-refractivity contribution in [3.8, 4) is 0 Å². The van der Waals surface area contributed by atoms with Crippen molar-refractivity contribution in [3.05, 3.63) is 282 Å². The Balaban J connectivity index is 0.000000144. The third kappa shape index (κ3) is 26.8. The van der Waals surface area contributed by atoms with E-state index in [0.717, 1.165) is 255 Å². The summed E-state index contributed by atoms with van der Waals surface area (Å²) in [5, 5.41) is 2.80. The Labute approximate surface area is 859 Å². The van der Waals surface area contributed by atoms with Crippen molar-refractivity contribution >= 4 is 120 Å². The molecule has 145 heavy (non-hydrogen) atoms. The molecule has 11 aromatic heterocycles. The monoisotopic (exact) mass is 2030 g/mol. The minimum Gasteiger partial charge on any atom is -0.331 e. The highest BCUT2D eigenvalue weighted by Crippen LogP contribution is 2.39. The van der Waals surface area contributed by atoms with Crippen LogP contribution in [-0.2, 0) is 45.8 Å². The number of hydrogen-bond acceptors (Lipinski definition) is 16. The van der Waals surface area contributed by atoms with Gasteiger partial charge in [-0.3, -0.25) is 24.0 Å². The van der Waals surface area contributed by atoms with Gasteiger partial charge in [-0.05, 0) is 241 Å². The van der Waals surface area contributed by atoms with Gasteiger partial charge < -0.3 is 47.3 Å². The zero-order valence-corrected chi connectivity index (χ0v) is 87.3. The Hall–Kier alpha value is -12.7. The largest absolute Gasteiger partial charge is 0.331 e. The van der Waals surface area contributed by atoms with E-state index in [1.807, 2.05) is 121 Å². The van der Waals surface area contributed by atoms with Gasteiger partial charge in [0.15, 0.2) is 51.5 Å². The van der Waals surface area contributed by atoms with Crippen molar-refractivity contribution in [3.63, 3.8) is 0 Å². The van der Waals surface area contributed by atoms with Crippen molar-refractivity contribution in [2.45, 2.75) is 275 Å². The second kappa shape index (κ2) is 51.8. The first kappa shape index (κ1) is 108. The molecule has 0 spiro atoms. The SMILES string of the molecule is CC(C)CN(Cc1nc2cccnc2n1C1CCCC1)C(=O)c1cccc(F)c1F.CCCCN(Cc1nc2cccnc2n1C1CCCC1)C(=O)c1cc(F)ccc1C.CCCCN(Cc1nc2cccnc2n1C1CCCC1)C(=O)c1cccc(F)c1F.CCCCN(Cc1nc2cccnc2n1CCC)C(=O)c1ccc(Cl)c(Cl)c1.CCCn1c(CN(CCC(C)C)C(=O)c2sccc2C)nc2cccnc21. The number of thiophene rings is 1. The van der Waals surface area contributed by atoms with Gasteiger partial charge in [0.2, 0.25) is 0 Å². The van der Waals surface area contributed by atoms with Crippen LogP contribution in [0.25, 0.3) is 55.8 Å². The molecule has 3 fully saturated rings. The Morgan fingerprint density at radius 2 is 0.752 bits per heavy atom. The van der Waals surface area contributed by atoms with Gasteiger partial charge in [-0.1, -0.05) is 162 Å². The van der Waals surface area contributed by atoms with E-state index in [1.165, 1.54) is 60.6 Å². The second-order valence-corrected chi connectivity index (χ2v) is 40.3. The summed E-state index contributed by atoms with van der Waals surface area (Å²) in [5.74, 6) is -0.972. The summed E-state index contributed by atoms with van der Waals surface area (Å²) >= 11 is 13.6. The summed E-state index contributed by atoms with van der Waals surface area (Å²) in [6.45, 7) is 29.1.